The number of Topliss-reactive ketones (excluding diaryl/α,β-unsaturated/α-hetero) is 1. The zero-order chi connectivity index (χ0) is 30.0. The van der Waals surface area contributed by atoms with Crippen molar-refractivity contribution in [2.24, 2.45) is 28.9 Å². The summed E-state index contributed by atoms with van der Waals surface area (Å²) in [5, 5.41) is 8.23. The van der Waals surface area contributed by atoms with Crippen LogP contribution in [0.4, 0.5) is 4.79 Å². The lowest BCUT2D eigenvalue weighted by Gasteiger charge is -2.35. The summed E-state index contributed by atoms with van der Waals surface area (Å²) in [7, 11) is 0. The number of nitrogens with two attached hydrogens (primary N) is 1. The lowest BCUT2D eigenvalue weighted by molar-refractivity contribution is -0.144. The number of ketones is 2. The Morgan fingerprint density at radius 3 is 2.23 bits per heavy atom. The van der Waals surface area contributed by atoms with Crippen LogP contribution in [0.3, 0.4) is 0 Å². The van der Waals surface area contributed by atoms with Crippen molar-refractivity contribution < 1.29 is 28.8 Å². The first-order valence-electron chi connectivity index (χ1n) is 14.3. The molecule has 222 valence electrons. The Morgan fingerprint density at radius 1 is 1.05 bits per heavy atom. The molecule has 0 aromatic rings. The van der Waals surface area contributed by atoms with Crippen LogP contribution in [-0.2, 0) is 24.0 Å². The second kappa shape index (κ2) is 12.1. The summed E-state index contributed by atoms with van der Waals surface area (Å²) >= 11 is 0. The van der Waals surface area contributed by atoms with E-state index < -0.39 is 53.2 Å². The van der Waals surface area contributed by atoms with Gasteiger partial charge in [0.15, 0.2) is 5.78 Å². The molecule has 11 heteroatoms. The topological polar surface area (TPSA) is 168 Å². The Morgan fingerprint density at radius 2 is 1.70 bits per heavy atom. The summed E-state index contributed by atoms with van der Waals surface area (Å²) in [6.45, 7) is 11.5. The van der Waals surface area contributed by atoms with Crippen molar-refractivity contribution >= 4 is 35.3 Å². The van der Waals surface area contributed by atoms with E-state index >= 15 is 0 Å². The third-order valence-electron chi connectivity index (χ3n) is 8.55. The van der Waals surface area contributed by atoms with Gasteiger partial charge >= 0.3 is 6.03 Å². The highest BCUT2D eigenvalue weighted by Crippen LogP contribution is 2.65. The molecule has 0 aromatic heterocycles. The zero-order valence-corrected chi connectivity index (χ0v) is 24.5. The summed E-state index contributed by atoms with van der Waals surface area (Å²) in [5.41, 5.74) is 4.54. The summed E-state index contributed by atoms with van der Waals surface area (Å²) < 4.78 is 0. The molecule has 5 N–H and O–H groups in total. The smallest absolute Gasteiger partial charge is 0.315 e. The Kier molecular flexibility index (Phi) is 9.46. The fourth-order valence-electron chi connectivity index (χ4n) is 6.08. The van der Waals surface area contributed by atoms with Gasteiger partial charge in [0.05, 0.1) is 6.04 Å². The van der Waals surface area contributed by atoms with Crippen LogP contribution < -0.4 is 21.7 Å². The Balaban J connectivity index is 1.82. The van der Waals surface area contributed by atoms with Gasteiger partial charge in [0, 0.05) is 18.5 Å². The van der Waals surface area contributed by atoms with Crippen LogP contribution in [0.15, 0.2) is 12.2 Å². The van der Waals surface area contributed by atoms with E-state index in [1.165, 1.54) is 11.0 Å². The fourth-order valence-corrected chi connectivity index (χ4v) is 6.08. The van der Waals surface area contributed by atoms with Crippen molar-refractivity contribution in [1.82, 2.24) is 20.9 Å². The van der Waals surface area contributed by atoms with Crippen molar-refractivity contribution in [2.45, 2.75) is 104 Å². The van der Waals surface area contributed by atoms with E-state index in [0.717, 1.165) is 19.3 Å². The van der Waals surface area contributed by atoms with Crippen LogP contribution >= 0.6 is 0 Å². The molecule has 2 aliphatic carbocycles. The average Bonchev–Trinajstić information content (AvgIpc) is 3.14. The van der Waals surface area contributed by atoms with E-state index in [2.05, 4.69) is 16.0 Å². The number of amides is 5. The largest absolute Gasteiger partial charge is 0.363 e. The normalized spacial score (nSPS) is 24.9. The number of carbonyl (C=O) groups is 6. The van der Waals surface area contributed by atoms with Crippen molar-refractivity contribution in [3.63, 3.8) is 0 Å². The third-order valence-corrected chi connectivity index (χ3v) is 8.55. The van der Waals surface area contributed by atoms with Gasteiger partial charge in [-0.25, -0.2) is 4.79 Å². The Labute approximate surface area is 236 Å². The quantitative estimate of drug-likeness (QED) is 0.209. The number of allylic oxidation sites excluding steroid dienone is 2. The molecule has 1 heterocycles. The minimum atomic E-state index is -1.10. The highest BCUT2D eigenvalue weighted by Gasteiger charge is 2.69. The molecule has 3 fully saturated rings. The fraction of sp³-hybridized carbons (Fsp3) is 0.724. The van der Waals surface area contributed by atoms with Gasteiger partial charge in [0.25, 0.3) is 5.91 Å². The van der Waals surface area contributed by atoms with E-state index in [4.69, 9.17) is 5.73 Å². The maximum atomic E-state index is 13.9. The standard InChI is InChI=1S/C29H45N5O6/c1-7-9-17(35)12-13-19(32-27(40)33-28(2,3)4)26(39)34-15-18-21(29(18,5)6)22(34)25(38)31-20(23(36)24(30)37)14-16-10-8-11-16/h7,9,16,18-22H,8,10-15H2,1-6H3,(H2,30,37)(H,31,38)(H2,32,33,40)/b9-7+/t18?,19-,20?,21?,22-/m0/s1. The second-order valence-corrected chi connectivity index (χ2v) is 13.1. The zero-order valence-electron chi connectivity index (χ0n) is 24.5. The molecule has 1 aliphatic heterocycles. The predicted molar refractivity (Wildman–Crippen MR) is 149 cm³/mol. The number of hydrogen-bond donors (Lipinski definition) is 4. The minimum absolute atomic E-state index is 0.0379. The first kappa shape index (κ1) is 31.3. The van der Waals surface area contributed by atoms with E-state index in [-0.39, 0.29) is 41.8 Å². The van der Waals surface area contributed by atoms with Crippen LogP contribution in [0.5, 0.6) is 0 Å². The van der Waals surface area contributed by atoms with Gasteiger partial charge < -0.3 is 26.6 Å². The summed E-state index contributed by atoms with van der Waals surface area (Å²) in [4.78, 5) is 78.3. The molecular formula is C29H45N5O6. The van der Waals surface area contributed by atoms with Gasteiger partial charge in [-0.05, 0) is 69.8 Å². The van der Waals surface area contributed by atoms with E-state index in [0.29, 0.717) is 13.0 Å². The first-order chi connectivity index (χ1) is 18.6. The molecule has 40 heavy (non-hydrogen) atoms. The van der Waals surface area contributed by atoms with Gasteiger partial charge in [0.2, 0.25) is 17.6 Å². The summed E-state index contributed by atoms with van der Waals surface area (Å²) in [5.74, 6) is -2.94. The lowest BCUT2D eigenvalue weighted by Crippen LogP contribution is -2.59. The predicted octanol–water partition coefficient (Wildman–Crippen LogP) is 1.59. The Bertz CT molecular complexity index is 1070. The first-order valence-corrected chi connectivity index (χ1v) is 14.3. The van der Waals surface area contributed by atoms with Gasteiger partial charge in [-0.15, -0.1) is 0 Å². The number of likely N-dealkylation sites (tertiary alicyclic amines) is 1. The van der Waals surface area contributed by atoms with Gasteiger partial charge in [-0.3, -0.25) is 24.0 Å². The van der Waals surface area contributed by atoms with Crippen LogP contribution in [0.25, 0.3) is 0 Å². The highest BCUT2D eigenvalue weighted by molar-refractivity contribution is 6.37. The maximum absolute atomic E-state index is 13.9. The van der Waals surface area contributed by atoms with Crippen molar-refractivity contribution in [2.75, 3.05) is 6.54 Å². The molecule has 5 atom stereocenters. The number of piperidine rings is 1. The third kappa shape index (κ3) is 7.28. The molecular weight excluding hydrogens is 514 g/mol. The SMILES string of the molecule is C/C=C/C(=O)CC[C@H](NC(=O)NC(C)(C)C)C(=O)N1CC2C([C@H]1C(=O)NC(CC1CCC1)C(=O)C(N)=O)C2(C)C. The van der Waals surface area contributed by atoms with Crippen LogP contribution in [0.2, 0.25) is 0 Å². The van der Waals surface area contributed by atoms with Gasteiger partial charge in [0.1, 0.15) is 12.1 Å². The number of carbonyl (C=O) groups excluding carboxylic acids is 6. The number of nitrogens with one attached hydrogen (secondary N) is 3. The van der Waals surface area contributed by atoms with Crippen molar-refractivity contribution in [3.8, 4) is 0 Å². The van der Waals surface area contributed by atoms with Gasteiger partial charge in [-0.2, -0.15) is 0 Å². The summed E-state index contributed by atoms with van der Waals surface area (Å²) in [6.07, 6.45) is 6.33. The number of primary amides is 1. The molecule has 1 saturated heterocycles. The number of urea groups is 1. The number of rotatable bonds is 12. The van der Waals surface area contributed by atoms with E-state index in [9.17, 15) is 28.8 Å². The van der Waals surface area contributed by atoms with Crippen LogP contribution in [0, 0.1) is 23.2 Å². The molecule has 0 bridgehead atoms. The van der Waals surface area contributed by atoms with Crippen molar-refractivity contribution in [1.29, 1.82) is 0 Å². The van der Waals surface area contributed by atoms with Crippen LogP contribution in [-0.4, -0.2) is 70.4 Å². The molecule has 0 spiro atoms. The molecule has 11 nitrogen and oxygen atoms in total. The second-order valence-electron chi connectivity index (χ2n) is 13.1. The monoisotopic (exact) mass is 559 g/mol. The van der Waals surface area contributed by atoms with E-state index in [1.807, 2.05) is 34.6 Å². The molecule has 5 amide bonds. The Hall–Kier alpha value is -3.24. The van der Waals surface area contributed by atoms with E-state index in [1.54, 1.807) is 13.0 Å². The molecule has 3 rings (SSSR count). The highest BCUT2D eigenvalue weighted by atomic mass is 16.2. The molecule has 0 aromatic carbocycles. The van der Waals surface area contributed by atoms with Gasteiger partial charge in [-0.1, -0.05) is 39.2 Å². The molecule has 2 saturated carbocycles. The average molecular weight is 560 g/mol. The molecule has 3 unspecified atom stereocenters. The molecule has 0 radical (unpaired) electrons. The molecule has 3 aliphatic rings. The number of nitrogens with zero attached hydrogens (tertiary/aromatic N) is 1. The summed E-state index contributed by atoms with van der Waals surface area (Å²) in [6, 6.07) is -3.51. The van der Waals surface area contributed by atoms with Crippen LogP contribution in [0.1, 0.15) is 80.1 Å². The number of fused-ring (bicyclic) bond motifs is 1. The minimum Gasteiger partial charge on any atom is -0.363 e. The van der Waals surface area contributed by atoms with Crippen molar-refractivity contribution in [3.05, 3.63) is 12.2 Å². The number of hydrogen-bond acceptors (Lipinski definition) is 6. The lowest BCUT2D eigenvalue weighted by atomic mass is 9.80. The maximum Gasteiger partial charge on any atom is 0.315 e.